The average molecular weight is 257 g/mol. The number of rotatable bonds is 7. The van der Waals surface area contributed by atoms with Crippen LogP contribution in [0.3, 0.4) is 0 Å². The molecule has 0 aliphatic carbocycles. The van der Waals surface area contributed by atoms with E-state index in [1.807, 2.05) is 6.92 Å². The van der Waals surface area contributed by atoms with Crippen molar-refractivity contribution in [2.24, 2.45) is 0 Å². The maximum Gasteiger partial charge on any atom is 0.203 e. The Morgan fingerprint density at radius 2 is 2.08 bits per heavy atom. The Bertz CT molecular complexity index is 150. The second-order valence-electron chi connectivity index (χ2n) is 2.73. The SMILES string of the molecule is CCCCOP(=O)(CC)CCBr. The number of hydrogen-bond donors (Lipinski definition) is 0. The Morgan fingerprint density at radius 3 is 2.50 bits per heavy atom. The van der Waals surface area contributed by atoms with Crippen LogP contribution in [0.25, 0.3) is 0 Å². The molecule has 74 valence electrons. The Balaban J connectivity index is 3.72. The molecular weight excluding hydrogens is 239 g/mol. The highest BCUT2D eigenvalue weighted by molar-refractivity contribution is 9.09. The zero-order valence-electron chi connectivity index (χ0n) is 7.88. The molecule has 0 heterocycles. The van der Waals surface area contributed by atoms with Crippen molar-refractivity contribution in [1.82, 2.24) is 0 Å². The summed E-state index contributed by atoms with van der Waals surface area (Å²) in [6, 6.07) is 0. The molecule has 0 fully saturated rings. The highest BCUT2D eigenvalue weighted by Crippen LogP contribution is 2.46. The van der Waals surface area contributed by atoms with Crippen LogP contribution in [0, 0.1) is 0 Å². The fourth-order valence-electron chi connectivity index (χ4n) is 0.818. The van der Waals surface area contributed by atoms with Gasteiger partial charge in [0.2, 0.25) is 7.37 Å². The lowest BCUT2D eigenvalue weighted by Crippen LogP contribution is -2.00. The first-order valence-electron chi connectivity index (χ1n) is 4.47. The topological polar surface area (TPSA) is 26.3 Å². The van der Waals surface area contributed by atoms with Gasteiger partial charge in [-0.3, -0.25) is 4.57 Å². The predicted octanol–water partition coefficient (Wildman–Crippen LogP) is 3.50. The van der Waals surface area contributed by atoms with Crippen molar-refractivity contribution in [2.75, 3.05) is 24.3 Å². The highest BCUT2D eigenvalue weighted by atomic mass is 79.9. The lowest BCUT2D eigenvalue weighted by Gasteiger charge is -2.15. The summed E-state index contributed by atoms with van der Waals surface area (Å²) in [6.07, 6.45) is 3.42. The lowest BCUT2D eigenvalue weighted by molar-refractivity contribution is 0.307. The second kappa shape index (κ2) is 7.11. The van der Waals surface area contributed by atoms with Crippen LogP contribution in [0.5, 0.6) is 0 Å². The van der Waals surface area contributed by atoms with Crippen molar-refractivity contribution in [3.05, 3.63) is 0 Å². The molecule has 2 nitrogen and oxygen atoms in total. The van der Waals surface area contributed by atoms with E-state index in [-0.39, 0.29) is 0 Å². The van der Waals surface area contributed by atoms with Gasteiger partial charge in [0.1, 0.15) is 0 Å². The summed E-state index contributed by atoms with van der Waals surface area (Å²) in [5.41, 5.74) is 0. The van der Waals surface area contributed by atoms with E-state index >= 15 is 0 Å². The van der Waals surface area contributed by atoms with Crippen LogP contribution in [0.15, 0.2) is 0 Å². The standard InChI is InChI=1S/C8H18BrO2P/c1-3-5-7-11-12(10,4-2)8-6-9/h3-8H2,1-2H3. The summed E-state index contributed by atoms with van der Waals surface area (Å²) in [5.74, 6) is 0. The molecule has 0 spiro atoms. The molecule has 0 aliphatic rings. The van der Waals surface area contributed by atoms with Crippen molar-refractivity contribution < 1.29 is 9.09 Å². The molecule has 4 heteroatoms. The van der Waals surface area contributed by atoms with Crippen LogP contribution in [-0.2, 0) is 9.09 Å². The van der Waals surface area contributed by atoms with Crippen molar-refractivity contribution in [2.45, 2.75) is 26.7 Å². The second-order valence-corrected chi connectivity index (χ2v) is 6.49. The molecule has 0 rings (SSSR count). The number of hydrogen-bond acceptors (Lipinski definition) is 2. The first kappa shape index (κ1) is 12.7. The van der Waals surface area contributed by atoms with E-state index in [0.29, 0.717) is 18.9 Å². The van der Waals surface area contributed by atoms with E-state index < -0.39 is 7.37 Å². The molecule has 12 heavy (non-hydrogen) atoms. The van der Waals surface area contributed by atoms with Gasteiger partial charge in [0.25, 0.3) is 0 Å². The van der Waals surface area contributed by atoms with E-state index in [1.165, 1.54) is 0 Å². The Labute approximate surface area is 83.7 Å². The van der Waals surface area contributed by atoms with E-state index in [0.717, 1.165) is 18.2 Å². The molecule has 0 amide bonds. The molecule has 1 atom stereocenters. The van der Waals surface area contributed by atoms with Gasteiger partial charge in [0, 0.05) is 17.7 Å². The molecule has 0 saturated carbocycles. The molecular formula is C8H18BrO2P. The zero-order chi connectivity index (χ0) is 9.45. The third-order valence-corrected chi connectivity index (χ3v) is 5.26. The van der Waals surface area contributed by atoms with Gasteiger partial charge >= 0.3 is 0 Å². The van der Waals surface area contributed by atoms with Gasteiger partial charge in [-0.1, -0.05) is 36.2 Å². The fraction of sp³-hybridized carbons (Fsp3) is 1.00. The number of alkyl halides is 1. The van der Waals surface area contributed by atoms with E-state index in [9.17, 15) is 4.57 Å². The molecule has 0 saturated heterocycles. The molecule has 1 unspecified atom stereocenters. The van der Waals surface area contributed by atoms with E-state index in [1.54, 1.807) is 0 Å². The largest absolute Gasteiger partial charge is 0.328 e. The average Bonchev–Trinajstić information content (AvgIpc) is 2.06. The lowest BCUT2D eigenvalue weighted by atomic mass is 10.4. The summed E-state index contributed by atoms with van der Waals surface area (Å²) < 4.78 is 17.2. The van der Waals surface area contributed by atoms with Gasteiger partial charge in [-0.15, -0.1) is 0 Å². The van der Waals surface area contributed by atoms with Crippen LogP contribution in [0.4, 0.5) is 0 Å². The summed E-state index contributed by atoms with van der Waals surface area (Å²) in [5, 5.41) is 0.768. The van der Waals surface area contributed by atoms with E-state index in [2.05, 4.69) is 22.9 Å². The zero-order valence-corrected chi connectivity index (χ0v) is 10.4. The Hall–Kier alpha value is 0.670. The molecule has 0 aromatic carbocycles. The summed E-state index contributed by atoms with van der Waals surface area (Å²) in [6.45, 7) is 4.68. The quantitative estimate of drug-likeness (QED) is 0.396. The molecule has 0 aromatic heterocycles. The number of unbranched alkanes of at least 4 members (excludes halogenated alkanes) is 1. The molecule has 0 bridgehead atoms. The minimum atomic E-state index is -2.28. The third kappa shape index (κ3) is 5.34. The van der Waals surface area contributed by atoms with Gasteiger partial charge in [-0.25, -0.2) is 0 Å². The molecule has 0 aromatic rings. The van der Waals surface area contributed by atoms with Gasteiger partial charge < -0.3 is 4.52 Å². The third-order valence-electron chi connectivity index (χ3n) is 1.73. The molecule has 0 radical (unpaired) electrons. The minimum absolute atomic E-state index is 0.647. The highest BCUT2D eigenvalue weighted by Gasteiger charge is 2.18. The normalized spacial score (nSPS) is 15.9. The minimum Gasteiger partial charge on any atom is -0.328 e. The smallest absolute Gasteiger partial charge is 0.203 e. The maximum absolute atomic E-state index is 11.8. The van der Waals surface area contributed by atoms with Gasteiger partial charge in [-0.2, -0.15) is 0 Å². The summed E-state index contributed by atoms with van der Waals surface area (Å²) >= 11 is 3.28. The maximum atomic E-state index is 11.8. The monoisotopic (exact) mass is 256 g/mol. The first-order valence-corrected chi connectivity index (χ1v) is 7.58. The van der Waals surface area contributed by atoms with Crippen molar-refractivity contribution in [1.29, 1.82) is 0 Å². The van der Waals surface area contributed by atoms with Crippen molar-refractivity contribution in [3.63, 3.8) is 0 Å². The van der Waals surface area contributed by atoms with E-state index in [4.69, 9.17) is 4.52 Å². The van der Waals surface area contributed by atoms with Crippen LogP contribution >= 0.6 is 23.3 Å². The van der Waals surface area contributed by atoms with Crippen molar-refractivity contribution >= 4 is 23.3 Å². The summed E-state index contributed by atoms with van der Waals surface area (Å²) in [7, 11) is -2.28. The Kier molecular flexibility index (Phi) is 7.51. The van der Waals surface area contributed by atoms with Gasteiger partial charge in [0.15, 0.2) is 0 Å². The van der Waals surface area contributed by atoms with Crippen LogP contribution in [0.1, 0.15) is 26.7 Å². The number of halogens is 1. The van der Waals surface area contributed by atoms with Crippen LogP contribution < -0.4 is 0 Å². The van der Waals surface area contributed by atoms with Gasteiger partial charge in [0.05, 0.1) is 6.61 Å². The van der Waals surface area contributed by atoms with Crippen LogP contribution in [0.2, 0.25) is 0 Å². The van der Waals surface area contributed by atoms with Crippen LogP contribution in [-0.4, -0.2) is 24.3 Å². The predicted molar refractivity (Wildman–Crippen MR) is 57.7 cm³/mol. The van der Waals surface area contributed by atoms with Gasteiger partial charge in [-0.05, 0) is 6.42 Å². The Morgan fingerprint density at radius 1 is 1.42 bits per heavy atom. The fourth-order valence-corrected chi connectivity index (χ4v) is 3.79. The molecule has 0 N–H and O–H groups in total. The summed E-state index contributed by atoms with van der Waals surface area (Å²) in [4.78, 5) is 0. The first-order chi connectivity index (χ1) is 5.68. The molecule has 0 aliphatic heterocycles. The van der Waals surface area contributed by atoms with Crippen molar-refractivity contribution in [3.8, 4) is 0 Å².